The molecule has 4 rings (SSSR count). The van der Waals surface area contributed by atoms with Crippen LogP contribution in [0, 0.1) is 11.8 Å². The van der Waals surface area contributed by atoms with Gasteiger partial charge in [0.05, 0.1) is 25.9 Å². The molecule has 2 N–H and O–H groups in total. The molecule has 3 aliphatic heterocycles. The lowest BCUT2D eigenvalue weighted by Crippen LogP contribution is -2.60. The van der Waals surface area contributed by atoms with Crippen molar-refractivity contribution < 1.29 is 19.1 Å². The SMILES string of the molecule is COc1ccc(C(=O)C2CCN(C3CCN(CC4NCC(C)C(=O)N4)C3=O)CC2)cc1. The monoisotopic (exact) mass is 428 g/mol. The summed E-state index contributed by atoms with van der Waals surface area (Å²) in [5, 5.41) is 6.24. The van der Waals surface area contributed by atoms with E-state index in [0.29, 0.717) is 19.6 Å². The molecule has 1 aromatic carbocycles. The molecule has 3 fully saturated rings. The van der Waals surface area contributed by atoms with Crippen LogP contribution in [-0.2, 0) is 9.59 Å². The van der Waals surface area contributed by atoms with Crippen molar-refractivity contribution >= 4 is 17.6 Å². The fourth-order valence-corrected chi connectivity index (χ4v) is 4.81. The van der Waals surface area contributed by atoms with Crippen LogP contribution < -0.4 is 15.4 Å². The van der Waals surface area contributed by atoms with Crippen molar-refractivity contribution in [2.75, 3.05) is 39.8 Å². The van der Waals surface area contributed by atoms with Gasteiger partial charge in [0.15, 0.2) is 5.78 Å². The van der Waals surface area contributed by atoms with E-state index in [0.717, 1.165) is 43.7 Å². The minimum atomic E-state index is -0.181. The molecule has 3 heterocycles. The van der Waals surface area contributed by atoms with Gasteiger partial charge >= 0.3 is 0 Å². The van der Waals surface area contributed by atoms with Crippen molar-refractivity contribution in [2.24, 2.45) is 11.8 Å². The first-order chi connectivity index (χ1) is 15.0. The zero-order chi connectivity index (χ0) is 22.0. The van der Waals surface area contributed by atoms with Crippen molar-refractivity contribution in [3.05, 3.63) is 29.8 Å². The summed E-state index contributed by atoms with van der Waals surface area (Å²) in [4.78, 5) is 41.8. The maximum absolute atomic E-state index is 13.0. The Kier molecular flexibility index (Phi) is 6.57. The predicted octanol–water partition coefficient (Wildman–Crippen LogP) is 0.872. The molecule has 1 aromatic rings. The molecule has 3 aliphatic rings. The van der Waals surface area contributed by atoms with Crippen LogP contribution in [0.5, 0.6) is 5.75 Å². The number of ether oxygens (including phenoxy) is 1. The van der Waals surface area contributed by atoms with Crippen LogP contribution in [0.15, 0.2) is 24.3 Å². The quantitative estimate of drug-likeness (QED) is 0.654. The number of piperidine rings is 1. The molecule has 168 valence electrons. The molecule has 0 spiro atoms. The Morgan fingerprint density at radius 3 is 2.45 bits per heavy atom. The van der Waals surface area contributed by atoms with Crippen LogP contribution in [-0.4, -0.2) is 79.4 Å². The smallest absolute Gasteiger partial charge is 0.240 e. The first-order valence-corrected chi connectivity index (χ1v) is 11.2. The Hall–Kier alpha value is -2.45. The second-order valence-electron chi connectivity index (χ2n) is 8.86. The van der Waals surface area contributed by atoms with Gasteiger partial charge in [0, 0.05) is 30.5 Å². The Morgan fingerprint density at radius 2 is 1.81 bits per heavy atom. The Labute approximate surface area is 183 Å². The number of methoxy groups -OCH3 is 1. The first-order valence-electron chi connectivity index (χ1n) is 11.2. The second-order valence-corrected chi connectivity index (χ2v) is 8.86. The van der Waals surface area contributed by atoms with Gasteiger partial charge < -0.3 is 15.0 Å². The van der Waals surface area contributed by atoms with Crippen molar-refractivity contribution in [1.82, 2.24) is 20.4 Å². The highest BCUT2D eigenvalue weighted by Gasteiger charge is 2.39. The van der Waals surface area contributed by atoms with E-state index in [4.69, 9.17) is 4.74 Å². The number of hydrogen-bond donors (Lipinski definition) is 2. The summed E-state index contributed by atoms with van der Waals surface area (Å²) in [6.45, 7) is 5.24. The molecule has 2 amide bonds. The van der Waals surface area contributed by atoms with Crippen LogP contribution in [0.1, 0.15) is 36.5 Å². The summed E-state index contributed by atoms with van der Waals surface area (Å²) >= 11 is 0. The van der Waals surface area contributed by atoms with Gasteiger partial charge in [-0.1, -0.05) is 6.92 Å². The van der Waals surface area contributed by atoms with E-state index in [9.17, 15) is 14.4 Å². The fraction of sp³-hybridized carbons (Fsp3) is 0.609. The van der Waals surface area contributed by atoms with Gasteiger partial charge in [-0.2, -0.15) is 0 Å². The van der Waals surface area contributed by atoms with Gasteiger partial charge in [0.1, 0.15) is 5.75 Å². The van der Waals surface area contributed by atoms with E-state index in [2.05, 4.69) is 15.5 Å². The maximum Gasteiger partial charge on any atom is 0.240 e. The largest absolute Gasteiger partial charge is 0.497 e. The molecule has 8 nitrogen and oxygen atoms in total. The van der Waals surface area contributed by atoms with E-state index in [1.54, 1.807) is 7.11 Å². The number of carbonyl (C=O) groups excluding carboxylic acids is 3. The summed E-state index contributed by atoms with van der Waals surface area (Å²) in [5.74, 6) is 1.05. The highest BCUT2D eigenvalue weighted by Crippen LogP contribution is 2.27. The van der Waals surface area contributed by atoms with Crippen molar-refractivity contribution in [3.8, 4) is 5.75 Å². The number of Topliss-reactive ketones (excluding diaryl/α,β-unsaturated/α-hetero) is 1. The fourth-order valence-electron chi connectivity index (χ4n) is 4.81. The highest BCUT2D eigenvalue weighted by atomic mass is 16.5. The lowest BCUT2D eigenvalue weighted by molar-refractivity contribution is -0.134. The highest BCUT2D eigenvalue weighted by molar-refractivity contribution is 5.98. The van der Waals surface area contributed by atoms with Gasteiger partial charge in [0.25, 0.3) is 0 Å². The number of nitrogens with one attached hydrogen (secondary N) is 2. The molecule has 0 radical (unpaired) electrons. The van der Waals surface area contributed by atoms with Gasteiger partial charge in [-0.25, -0.2) is 0 Å². The Balaban J connectivity index is 1.27. The van der Waals surface area contributed by atoms with E-state index in [-0.39, 0.29) is 41.6 Å². The van der Waals surface area contributed by atoms with Crippen molar-refractivity contribution in [1.29, 1.82) is 0 Å². The van der Waals surface area contributed by atoms with Crippen LogP contribution >= 0.6 is 0 Å². The lowest BCUT2D eigenvalue weighted by Gasteiger charge is -2.35. The second kappa shape index (κ2) is 9.36. The summed E-state index contributed by atoms with van der Waals surface area (Å²) in [5.41, 5.74) is 0.721. The van der Waals surface area contributed by atoms with Gasteiger partial charge in [-0.3, -0.25) is 24.6 Å². The van der Waals surface area contributed by atoms with Gasteiger partial charge in [-0.05, 0) is 56.6 Å². The van der Waals surface area contributed by atoms with Crippen molar-refractivity contribution in [2.45, 2.75) is 38.4 Å². The molecular formula is C23H32N4O4. The van der Waals surface area contributed by atoms with Crippen molar-refractivity contribution in [3.63, 3.8) is 0 Å². The molecule has 3 unspecified atom stereocenters. The third-order valence-corrected chi connectivity index (χ3v) is 6.82. The zero-order valence-electron chi connectivity index (χ0n) is 18.3. The number of benzene rings is 1. The molecular weight excluding hydrogens is 396 g/mol. The standard InChI is InChI=1S/C23H32N4O4/c1-15-13-24-20(25-22(15)29)14-27-12-9-19(23(27)30)26-10-7-17(8-11-26)21(28)16-3-5-18(31-2)6-4-16/h3-6,15,17,19-20,24H,7-14H2,1-2H3,(H,25,29). The third kappa shape index (κ3) is 4.75. The van der Waals surface area contributed by atoms with E-state index in [1.165, 1.54) is 0 Å². The molecule has 0 aliphatic carbocycles. The molecule has 0 saturated carbocycles. The minimum absolute atomic E-state index is 0.000828. The van der Waals surface area contributed by atoms with Crippen LogP contribution in [0.3, 0.4) is 0 Å². The summed E-state index contributed by atoms with van der Waals surface area (Å²) < 4.78 is 5.16. The molecule has 3 atom stereocenters. The topological polar surface area (TPSA) is 91.0 Å². The normalized spacial score (nSPS) is 27.9. The maximum atomic E-state index is 13.0. The summed E-state index contributed by atoms with van der Waals surface area (Å²) in [7, 11) is 1.61. The number of carbonyl (C=O) groups is 3. The average molecular weight is 429 g/mol. The number of likely N-dealkylation sites (tertiary alicyclic amines) is 2. The Bertz CT molecular complexity index is 819. The average Bonchev–Trinajstić information content (AvgIpc) is 3.16. The van der Waals surface area contributed by atoms with E-state index < -0.39 is 0 Å². The van der Waals surface area contributed by atoms with Gasteiger partial charge in [0.2, 0.25) is 11.8 Å². The zero-order valence-corrected chi connectivity index (χ0v) is 18.3. The first kappa shape index (κ1) is 21.8. The van der Waals surface area contributed by atoms with E-state index in [1.807, 2.05) is 36.1 Å². The number of hydrogen-bond acceptors (Lipinski definition) is 6. The number of rotatable bonds is 6. The number of ketones is 1. The van der Waals surface area contributed by atoms with Gasteiger partial charge in [-0.15, -0.1) is 0 Å². The third-order valence-electron chi connectivity index (χ3n) is 6.82. The summed E-state index contributed by atoms with van der Waals surface area (Å²) in [6, 6.07) is 7.17. The van der Waals surface area contributed by atoms with Crippen LogP contribution in [0.25, 0.3) is 0 Å². The van der Waals surface area contributed by atoms with E-state index >= 15 is 0 Å². The Morgan fingerprint density at radius 1 is 1.10 bits per heavy atom. The minimum Gasteiger partial charge on any atom is -0.497 e. The number of nitrogens with zero attached hydrogens (tertiary/aromatic N) is 2. The predicted molar refractivity (Wildman–Crippen MR) is 116 cm³/mol. The van der Waals surface area contributed by atoms with Crippen LogP contribution in [0.4, 0.5) is 0 Å². The van der Waals surface area contributed by atoms with Crippen LogP contribution in [0.2, 0.25) is 0 Å². The molecule has 8 heteroatoms. The molecule has 31 heavy (non-hydrogen) atoms. The molecule has 0 bridgehead atoms. The molecule has 0 aromatic heterocycles. The lowest BCUT2D eigenvalue weighted by atomic mass is 9.88. The summed E-state index contributed by atoms with van der Waals surface area (Å²) in [6.07, 6.45) is 2.16. The number of amides is 2. The molecule has 3 saturated heterocycles.